The van der Waals surface area contributed by atoms with Crippen molar-refractivity contribution in [3.8, 4) is 0 Å². The molecule has 2 aromatic rings. The predicted molar refractivity (Wildman–Crippen MR) is 150 cm³/mol. The second kappa shape index (κ2) is 17.8. The quantitative estimate of drug-likeness (QED) is 0.125. The zero-order valence-corrected chi connectivity index (χ0v) is 22.8. The lowest BCUT2D eigenvalue weighted by molar-refractivity contribution is 0.0635. The molecule has 0 fully saturated rings. The number of hydrogen-bond donors (Lipinski definition) is 1. The van der Waals surface area contributed by atoms with E-state index in [4.69, 9.17) is 14.0 Å². The van der Waals surface area contributed by atoms with Gasteiger partial charge in [0.1, 0.15) is 0 Å². The molecule has 3 atom stereocenters. The maximum atomic E-state index is 6.41. The normalized spacial score (nSPS) is 14.1. The first-order valence-corrected chi connectivity index (χ1v) is 14.7. The average molecular weight is 507 g/mol. The molecule has 0 N–H and O–H groups in total. The fourth-order valence-corrected chi connectivity index (χ4v) is 5.81. The standard InChI is InChI=1S/C26H39BO3S3/c1-4-13-24(31)28-27(29-25(14-5-2)32-20-22-16-9-7-10-17-22)30-26(15-6-3)33-21-23-18-11-8-12-19-23/h7-12,16-19,24-26,31H,4-6,13-15,20-21H2,1-3H3. The third-order valence-corrected chi connectivity index (χ3v) is 7.75. The summed E-state index contributed by atoms with van der Waals surface area (Å²) in [6.07, 6.45) is 5.84. The summed E-state index contributed by atoms with van der Waals surface area (Å²) in [5, 5.41) is 0. The van der Waals surface area contributed by atoms with Gasteiger partial charge in [0.15, 0.2) is 0 Å². The van der Waals surface area contributed by atoms with Crippen LogP contribution in [-0.2, 0) is 25.5 Å². The van der Waals surface area contributed by atoms with Gasteiger partial charge in [0, 0.05) is 11.5 Å². The van der Waals surface area contributed by atoms with Gasteiger partial charge in [-0.25, -0.2) is 0 Å². The molecule has 3 unspecified atom stereocenters. The smallest absolute Gasteiger partial charge is 0.374 e. The Labute approximate surface area is 215 Å². The Morgan fingerprint density at radius 3 is 1.48 bits per heavy atom. The van der Waals surface area contributed by atoms with Crippen LogP contribution in [0, 0.1) is 0 Å². The van der Waals surface area contributed by atoms with Crippen LogP contribution in [0.15, 0.2) is 60.7 Å². The van der Waals surface area contributed by atoms with Crippen LogP contribution < -0.4 is 0 Å². The predicted octanol–water partition coefficient (Wildman–Crippen LogP) is 8.20. The molecule has 2 rings (SSSR count). The van der Waals surface area contributed by atoms with Crippen molar-refractivity contribution < 1.29 is 14.0 Å². The third-order valence-electron chi connectivity index (χ3n) is 4.94. The van der Waals surface area contributed by atoms with Crippen molar-refractivity contribution in [2.75, 3.05) is 0 Å². The van der Waals surface area contributed by atoms with E-state index in [1.807, 2.05) is 12.1 Å². The highest BCUT2D eigenvalue weighted by molar-refractivity contribution is 7.99. The first-order chi connectivity index (χ1) is 16.1. The van der Waals surface area contributed by atoms with E-state index in [0.29, 0.717) is 0 Å². The molecule has 0 saturated carbocycles. The van der Waals surface area contributed by atoms with Gasteiger partial charge >= 0.3 is 7.32 Å². The zero-order chi connectivity index (χ0) is 23.7. The average Bonchev–Trinajstić information content (AvgIpc) is 2.82. The Morgan fingerprint density at radius 2 is 1.09 bits per heavy atom. The fraction of sp³-hybridized carbons (Fsp3) is 0.538. The molecule has 3 nitrogen and oxygen atoms in total. The Morgan fingerprint density at radius 1 is 0.667 bits per heavy atom. The molecule has 182 valence electrons. The summed E-state index contributed by atoms with van der Waals surface area (Å²) in [7, 11) is -0.723. The largest absolute Gasteiger partial charge is 0.641 e. The number of benzene rings is 2. The summed E-state index contributed by atoms with van der Waals surface area (Å²) in [5.41, 5.74) is 2.40. The first-order valence-electron chi connectivity index (χ1n) is 12.1. The molecule has 0 aliphatic carbocycles. The van der Waals surface area contributed by atoms with Crippen molar-refractivity contribution in [3.05, 3.63) is 71.8 Å². The summed E-state index contributed by atoms with van der Waals surface area (Å²) in [5.74, 6) is 1.80. The summed E-state index contributed by atoms with van der Waals surface area (Å²) in [4.78, 5) is 0. The molecule has 0 amide bonds. The number of thioether (sulfide) groups is 2. The van der Waals surface area contributed by atoms with Gasteiger partial charge < -0.3 is 14.0 Å². The van der Waals surface area contributed by atoms with Crippen LogP contribution in [0.3, 0.4) is 0 Å². The number of rotatable bonds is 18. The van der Waals surface area contributed by atoms with Gasteiger partial charge in [0.2, 0.25) is 0 Å². The minimum Gasteiger partial charge on any atom is -0.374 e. The molecule has 0 heterocycles. The second-order valence-electron chi connectivity index (χ2n) is 7.97. The van der Waals surface area contributed by atoms with Crippen LogP contribution in [0.5, 0.6) is 0 Å². The molecule has 0 aromatic heterocycles. The van der Waals surface area contributed by atoms with E-state index in [1.54, 1.807) is 23.5 Å². The van der Waals surface area contributed by atoms with Gasteiger partial charge in [-0.15, -0.1) is 36.2 Å². The van der Waals surface area contributed by atoms with Gasteiger partial charge in [0.25, 0.3) is 0 Å². The monoisotopic (exact) mass is 506 g/mol. The SMILES string of the molecule is CCCC(S)OB(OC(CCC)SCc1ccccc1)OC(CCC)SCc1ccccc1. The Hall–Kier alpha value is -0.565. The van der Waals surface area contributed by atoms with E-state index in [0.717, 1.165) is 50.0 Å². The Kier molecular flexibility index (Phi) is 15.5. The van der Waals surface area contributed by atoms with Crippen molar-refractivity contribution in [2.45, 2.75) is 87.1 Å². The lowest BCUT2D eigenvalue weighted by atomic mass is 10.2. The first kappa shape index (κ1) is 28.7. The number of thiol groups is 1. The van der Waals surface area contributed by atoms with Crippen LogP contribution in [-0.4, -0.2) is 23.6 Å². The molecule has 0 radical (unpaired) electrons. The van der Waals surface area contributed by atoms with Crippen LogP contribution in [0.4, 0.5) is 0 Å². The summed E-state index contributed by atoms with van der Waals surface area (Å²) >= 11 is 8.23. The molecule has 0 aliphatic rings. The molecule has 0 saturated heterocycles. The van der Waals surface area contributed by atoms with Crippen LogP contribution in [0.2, 0.25) is 0 Å². The van der Waals surface area contributed by atoms with Crippen molar-refractivity contribution in [2.24, 2.45) is 0 Å². The van der Waals surface area contributed by atoms with Gasteiger partial charge in [0.05, 0.1) is 16.3 Å². The molecule has 0 aliphatic heterocycles. The lowest BCUT2D eigenvalue weighted by Gasteiger charge is -2.27. The topological polar surface area (TPSA) is 27.7 Å². The molecule has 2 aromatic carbocycles. The maximum absolute atomic E-state index is 6.41. The minimum atomic E-state index is -0.723. The van der Waals surface area contributed by atoms with Gasteiger partial charge in [-0.3, -0.25) is 0 Å². The van der Waals surface area contributed by atoms with E-state index in [1.165, 1.54) is 11.1 Å². The lowest BCUT2D eigenvalue weighted by Crippen LogP contribution is -2.36. The summed E-state index contributed by atoms with van der Waals surface area (Å²) in [6, 6.07) is 21.0. The van der Waals surface area contributed by atoms with E-state index < -0.39 is 7.32 Å². The van der Waals surface area contributed by atoms with Crippen molar-refractivity contribution in [1.29, 1.82) is 0 Å². The van der Waals surface area contributed by atoms with E-state index >= 15 is 0 Å². The highest BCUT2D eigenvalue weighted by atomic mass is 32.2. The van der Waals surface area contributed by atoms with Crippen LogP contribution in [0.1, 0.15) is 70.4 Å². The van der Waals surface area contributed by atoms with Crippen molar-refractivity contribution in [3.63, 3.8) is 0 Å². The highest BCUT2D eigenvalue weighted by Crippen LogP contribution is 2.28. The van der Waals surface area contributed by atoms with Gasteiger partial charge in [-0.2, -0.15) is 0 Å². The van der Waals surface area contributed by atoms with E-state index in [2.05, 4.69) is 81.9 Å². The Bertz CT molecular complexity index is 668. The van der Waals surface area contributed by atoms with E-state index in [-0.39, 0.29) is 16.3 Å². The molecular formula is C26H39BO3S3. The molecule has 7 heteroatoms. The van der Waals surface area contributed by atoms with Gasteiger partial charge in [-0.05, 0) is 30.4 Å². The minimum absolute atomic E-state index is 0.00349. The van der Waals surface area contributed by atoms with Gasteiger partial charge in [-0.1, -0.05) is 101 Å². The molecule has 0 bridgehead atoms. The third kappa shape index (κ3) is 12.6. The van der Waals surface area contributed by atoms with E-state index in [9.17, 15) is 0 Å². The molecule has 33 heavy (non-hydrogen) atoms. The Balaban J connectivity index is 2.01. The highest BCUT2D eigenvalue weighted by Gasteiger charge is 2.31. The van der Waals surface area contributed by atoms with Crippen LogP contribution in [0.25, 0.3) is 0 Å². The fourth-order valence-electron chi connectivity index (χ4n) is 3.17. The second-order valence-corrected chi connectivity index (χ2v) is 10.8. The van der Waals surface area contributed by atoms with Crippen molar-refractivity contribution >= 4 is 43.5 Å². The summed E-state index contributed by atoms with van der Waals surface area (Å²) in [6.45, 7) is 6.50. The molecular weight excluding hydrogens is 467 g/mol. The zero-order valence-electron chi connectivity index (χ0n) is 20.2. The van der Waals surface area contributed by atoms with Crippen molar-refractivity contribution in [1.82, 2.24) is 0 Å². The maximum Gasteiger partial charge on any atom is 0.641 e. The van der Waals surface area contributed by atoms with Crippen LogP contribution >= 0.6 is 36.2 Å². The summed E-state index contributed by atoms with van der Waals surface area (Å²) < 4.78 is 19.0. The number of hydrogen-bond acceptors (Lipinski definition) is 6. The molecule has 0 spiro atoms.